The number of rotatable bonds is 4. The third kappa shape index (κ3) is 4.06. The summed E-state index contributed by atoms with van der Waals surface area (Å²) < 4.78 is 0. The van der Waals surface area contributed by atoms with E-state index < -0.39 is 8.07 Å². The van der Waals surface area contributed by atoms with Gasteiger partial charge in [0.2, 0.25) is 0 Å². The summed E-state index contributed by atoms with van der Waals surface area (Å²) in [6, 6.07) is 20.2. The molecule has 2 aliphatic rings. The number of hydrogen-bond acceptors (Lipinski definition) is 4. The number of benzene rings is 2. The number of anilines is 2. The van der Waals surface area contributed by atoms with Gasteiger partial charge in [0.15, 0.2) is 0 Å². The van der Waals surface area contributed by atoms with Gasteiger partial charge in [-0.05, 0) is 38.9 Å². The maximum absolute atomic E-state index is 3.66. The average molecular weight is 568 g/mol. The fourth-order valence-electron chi connectivity index (χ4n) is 3.27. The first-order valence-corrected chi connectivity index (χ1v) is 12.1. The molecule has 0 radical (unpaired) electrons. The Kier molecular flexibility index (Phi) is 6.06. The molecule has 0 amide bonds. The van der Waals surface area contributed by atoms with E-state index in [1.807, 2.05) is 36.3 Å². The molecular weight excluding hydrogens is 543 g/mol. The van der Waals surface area contributed by atoms with E-state index in [1.54, 1.807) is 0 Å². The maximum atomic E-state index is 3.66. The minimum absolute atomic E-state index is 0. The quantitative estimate of drug-likeness (QED) is 0.416. The van der Waals surface area contributed by atoms with Gasteiger partial charge in [0, 0.05) is 0 Å². The van der Waals surface area contributed by atoms with Crippen molar-refractivity contribution >= 4 is 29.8 Å². The minimum Gasteiger partial charge on any atom is -0.510 e. The first-order valence-electron chi connectivity index (χ1n) is 9.06. The Hall–Kier alpha value is -1.97. The van der Waals surface area contributed by atoms with Crippen molar-refractivity contribution in [3.63, 3.8) is 0 Å². The Morgan fingerprint density at radius 3 is 1.50 bits per heavy atom. The van der Waals surface area contributed by atoms with Crippen LogP contribution in [-0.4, -0.2) is 32.0 Å². The summed E-state index contributed by atoms with van der Waals surface area (Å²) in [6.45, 7) is 8.85. The predicted octanol–water partition coefficient (Wildman–Crippen LogP) is 2.79. The van der Waals surface area contributed by atoms with E-state index in [0.717, 1.165) is 11.4 Å². The Morgan fingerprint density at radius 1 is 0.714 bits per heavy atom. The van der Waals surface area contributed by atoms with Crippen LogP contribution >= 0.6 is 0 Å². The van der Waals surface area contributed by atoms with E-state index in [2.05, 4.69) is 97.2 Å². The summed E-state index contributed by atoms with van der Waals surface area (Å²) >= 11 is 0. The molecule has 0 saturated carbocycles. The molecule has 2 aliphatic heterocycles. The standard InChI is InChI=1S/C22H24N4Si.Pt/c1-23-11-13-25(17-23)19-7-5-9-21(15-19)27(3,4)22-10-6-8-20(16-22)26-14-12-24(2)18-26;/h5-14,17-18H,1-4H3;/q-4;+4. The van der Waals surface area contributed by atoms with Crippen molar-refractivity contribution < 1.29 is 21.1 Å². The summed E-state index contributed by atoms with van der Waals surface area (Å²) in [6.07, 6.45) is 8.20. The molecule has 0 bridgehead atoms. The van der Waals surface area contributed by atoms with Crippen LogP contribution in [0.15, 0.2) is 61.2 Å². The van der Waals surface area contributed by atoms with Crippen LogP contribution in [0.5, 0.6) is 0 Å². The van der Waals surface area contributed by atoms with E-state index in [4.69, 9.17) is 0 Å². The van der Waals surface area contributed by atoms with E-state index >= 15 is 0 Å². The van der Waals surface area contributed by atoms with Crippen molar-refractivity contribution in [2.24, 2.45) is 0 Å². The van der Waals surface area contributed by atoms with Gasteiger partial charge in [0.1, 0.15) is 0 Å². The van der Waals surface area contributed by atoms with Crippen LogP contribution in [0.1, 0.15) is 0 Å². The molecular formula is C22H24N4PtSi. The Bertz CT molecular complexity index is 824. The molecule has 0 spiro atoms. The molecule has 0 aliphatic carbocycles. The second-order valence-corrected chi connectivity index (χ2v) is 11.8. The molecule has 0 N–H and O–H groups in total. The average Bonchev–Trinajstić information content (AvgIpc) is 3.30. The van der Waals surface area contributed by atoms with Gasteiger partial charge in [0.25, 0.3) is 0 Å². The molecule has 4 nitrogen and oxygen atoms in total. The third-order valence-electron chi connectivity index (χ3n) is 5.00. The first kappa shape index (κ1) is 20.8. The first-order chi connectivity index (χ1) is 12.9. The second kappa shape index (κ2) is 8.18. The molecule has 0 atom stereocenters. The van der Waals surface area contributed by atoms with Gasteiger partial charge in [-0.15, -0.1) is 11.4 Å². The van der Waals surface area contributed by atoms with Gasteiger partial charge < -0.3 is 19.6 Å². The zero-order chi connectivity index (χ0) is 19.0. The van der Waals surface area contributed by atoms with Crippen molar-refractivity contribution in [2.45, 2.75) is 13.1 Å². The predicted molar refractivity (Wildman–Crippen MR) is 115 cm³/mol. The fourth-order valence-corrected chi connectivity index (χ4v) is 5.47. The molecule has 146 valence electrons. The molecule has 0 aromatic heterocycles. The van der Waals surface area contributed by atoms with Gasteiger partial charge in [-0.2, -0.15) is 72.2 Å². The molecule has 6 heteroatoms. The largest absolute Gasteiger partial charge is 4.00 e. The second-order valence-electron chi connectivity index (χ2n) is 7.50. The molecule has 0 unspecified atom stereocenters. The molecule has 2 aromatic carbocycles. The SMILES string of the molecule is CN1C=CN(c2[c-]c([Si](C)(C)c3[c-]c(N4C=CN(C)[CH-]4)ccc3)ccc2)[CH-]1.[Pt+4]. The van der Waals surface area contributed by atoms with Gasteiger partial charge >= 0.3 is 21.1 Å². The van der Waals surface area contributed by atoms with Crippen molar-refractivity contribution in [1.82, 2.24) is 9.80 Å². The van der Waals surface area contributed by atoms with Crippen LogP contribution in [0.4, 0.5) is 11.4 Å². The van der Waals surface area contributed by atoms with E-state index in [9.17, 15) is 0 Å². The van der Waals surface area contributed by atoms with Gasteiger partial charge in [-0.25, -0.2) is 0 Å². The monoisotopic (exact) mass is 567 g/mol. The molecule has 2 aromatic rings. The minimum atomic E-state index is -1.92. The zero-order valence-corrected chi connectivity index (χ0v) is 19.8. The number of hydrogen-bond donors (Lipinski definition) is 0. The van der Waals surface area contributed by atoms with Crippen LogP contribution < -0.4 is 20.2 Å². The van der Waals surface area contributed by atoms with Crippen LogP contribution in [0.3, 0.4) is 0 Å². The fraction of sp³-hybridized carbons (Fsp3) is 0.182. The normalized spacial score (nSPS) is 16.1. The summed E-state index contributed by atoms with van der Waals surface area (Å²) in [5.41, 5.74) is 2.14. The zero-order valence-electron chi connectivity index (χ0n) is 16.5. The summed E-state index contributed by atoms with van der Waals surface area (Å²) in [5, 5.41) is 2.56. The maximum Gasteiger partial charge on any atom is 4.00 e. The van der Waals surface area contributed by atoms with Crippen molar-refractivity contribution in [3.05, 3.63) is 86.7 Å². The van der Waals surface area contributed by atoms with E-state index in [1.165, 1.54) is 10.4 Å². The van der Waals surface area contributed by atoms with Gasteiger partial charge in [0.05, 0.1) is 8.07 Å². The molecule has 0 fully saturated rings. The molecule has 28 heavy (non-hydrogen) atoms. The molecule has 2 heterocycles. The summed E-state index contributed by atoms with van der Waals surface area (Å²) in [5.74, 6) is 0. The third-order valence-corrected chi connectivity index (χ3v) is 8.28. The van der Waals surface area contributed by atoms with Crippen LogP contribution in [-0.2, 0) is 21.1 Å². The van der Waals surface area contributed by atoms with Crippen molar-refractivity contribution in [2.75, 3.05) is 23.9 Å². The summed E-state index contributed by atoms with van der Waals surface area (Å²) in [7, 11) is 2.14. The van der Waals surface area contributed by atoms with Crippen molar-refractivity contribution in [1.29, 1.82) is 0 Å². The Labute approximate surface area is 184 Å². The smallest absolute Gasteiger partial charge is 0.510 e. The summed E-state index contributed by atoms with van der Waals surface area (Å²) in [4.78, 5) is 8.29. The van der Waals surface area contributed by atoms with Crippen LogP contribution in [0.25, 0.3) is 0 Å². The topological polar surface area (TPSA) is 13.0 Å². The van der Waals surface area contributed by atoms with E-state index in [-0.39, 0.29) is 21.1 Å². The molecule has 4 rings (SSSR count). The Morgan fingerprint density at radius 2 is 1.14 bits per heavy atom. The van der Waals surface area contributed by atoms with Crippen LogP contribution in [0, 0.1) is 25.5 Å². The molecule has 0 saturated heterocycles. The van der Waals surface area contributed by atoms with Gasteiger partial charge in [-0.3, -0.25) is 0 Å². The van der Waals surface area contributed by atoms with Gasteiger partial charge in [-0.1, -0.05) is 13.1 Å². The van der Waals surface area contributed by atoms with E-state index in [0.29, 0.717) is 0 Å². The number of nitrogens with zero attached hydrogens (tertiary/aromatic N) is 4. The van der Waals surface area contributed by atoms with Crippen molar-refractivity contribution in [3.8, 4) is 0 Å². The van der Waals surface area contributed by atoms with Crippen LogP contribution in [0.2, 0.25) is 13.1 Å². The Balaban J connectivity index is 0.00000225.